The number of amides is 1. The van der Waals surface area contributed by atoms with Crippen molar-refractivity contribution in [3.8, 4) is 17.1 Å². The zero-order valence-electron chi connectivity index (χ0n) is 14.0. The third kappa shape index (κ3) is 4.54. The number of aromatic nitrogens is 1. The first-order valence-corrected chi connectivity index (χ1v) is 7.84. The van der Waals surface area contributed by atoms with Gasteiger partial charge in [-0.3, -0.25) is 4.79 Å². The van der Waals surface area contributed by atoms with E-state index in [9.17, 15) is 9.18 Å². The van der Waals surface area contributed by atoms with Crippen LogP contribution in [0.3, 0.4) is 0 Å². The maximum atomic E-state index is 13.5. The number of hydrogen-bond donors (Lipinski definition) is 1. The molecule has 0 unspecified atom stereocenters. The summed E-state index contributed by atoms with van der Waals surface area (Å²) in [6.45, 7) is 1.71. The molecule has 7 heteroatoms. The summed E-state index contributed by atoms with van der Waals surface area (Å²) >= 11 is 0. The molecule has 3 rings (SSSR count). The van der Waals surface area contributed by atoms with Gasteiger partial charge in [0.2, 0.25) is 0 Å². The number of aryl methyl sites for hydroxylation is 1. The molecule has 0 saturated carbocycles. The van der Waals surface area contributed by atoms with E-state index in [0.29, 0.717) is 17.1 Å². The van der Waals surface area contributed by atoms with Gasteiger partial charge in [0, 0.05) is 6.07 Å². The first kappa shape index (κ1) is 17.3. The number of nitrogens with zero attached hydrogens (tertiary/aromatic N) is 2. The molecule has 0 fully saturated rings. The number of halogens is 1. The minimum Gasteiger partial charge on any atom is -0.483 e. The fraction of sp³-hybridized carbons (Fsp3) is 0.105. The molecule has 0 radical (unpaired) electrons. The summed E-state index contributed by atoms with van der Waals surface area (Å²) in [7, 11) is 0. The number of rotatable bonds is 6. The monoisotopic (exact) mass is 353 g/mol. The van der Waals surface area contributed by atoms with Crippen molar-refractivity contribution >= 4 is 12.1 Å². The van der Waals surface area contributed by atoms with Crippen molar-refractivity contribution in [2.75, 3.05) is 6.61 Å². The number of ether oxygens (including phenoxy) is 1. The third-order valence-corrected chi connectivity index (χ3v) is 3.48. The Labute approximate surface area is 149 Å². The van der Waals surface area contributed by atoms with E-state index in [1.807, 2.05) is 31.2 Å². The van der Waals surface area contributed by atoms with Crippen LogP contribution in [0.1, 0.15) is 11.1 Å². The molecule has 3 aromatic rings. The van der Waals surface area contributed by atoms with Crippen LogP contribution in [-0.4, -0.2) is 23.9 Å². The molecule has 0 atom stereocenters. The molecule has 0 saturated heterocycles. The maximum absolute atomic E-state index is 13.5. The van der Waals surface area contributed by atoms with Crippen molar-refractivity contribution in [3.63, 3.8) is 0 Å². The van der Waals surface area contributed by atoms with E-state index in [0.717, 1.165) is 11.1 Å². The number of carbonyl (C=O) groups excluding carboxylic acids is 1. The minimum absolute atomic E-state index is 0.280. The predicted molar refractivity (Wildman–Crippen MR) is 94.3 cm³/mol. The summed E-state index contributed by atoms with van der Waals surface area (Å²) in [4.78, 5) is 11.9. The average Bonchev–Trinajstić information content (AvgIpc) is 3.17. The fourth-order valence-corrected chi connectivity index (χ4v) is 2.18. The van der Waals surface area contributed by atoms with Gasteiger partial charge in [-0.05, 0) is 30.7 Å². The van der Waals surface area contributed by atoms with Crippen molar-refractivity contribution < 1.29 is 18.4 Å². The Hall–Kier alpha value is -3.48. The highest BCUT2D eigenvalue weighted by Crippen LogP contribution is 2.30. The van der Waals surface area contributed by atoms with Gasteiger partial charge in [0.05, 0.1) is 18.0 Å². The molecule has 132 valence electrons. The molecule has 6 nitrogen and oxygen atoms in total. The highest BCUT2D eigenvalue weighted by molar-refractivity contribution is 5.83. The number of hydrazone groups is 1. The molecule has 26 heavy (non-hydrogen) atoms. The van der Waals surface area contributed by atoms with E-state index < -0.39 is 11.7 Å². The second-order valence-corrected chi connectivity index (χ2v) is 5.51. The van der Waals surface area contributed by atoms with Gasteiger partial charge >= 0.3 is 0 Å². The Morgan fingerprint density at radius 1 is 1.27 bits per heavy atom. The summed E-state index contributed by atoms with van der Waals surface area (Å²) in [5.41, 5.74) is 4.75. The Kier molecular flexibility index (Phi) is 5.38. The number of nitrogens with one attached hydrogen (secondary N) is 1. The fourth-order valence-electron chi connectivity index (χ4n) is 2.18. The number of benzene rings is 2. The molecule has 0 bridgehead atoms. The zero-order chi connectivity index (χ0) is 18.4. The average molecular weight is 353 g/mol. The summed E-state index contributed by atoms with van der Waals surface area (Å²) in [6.07, 6.45) is 2.98. The summed E-state index contributed by atoms with van der Waals surface area (Å²) in [5, 5.41) is 7.46. The van der Waals surface area contributed by atoms with Gasteiger partial charge in [0.25, 0.3) is 5.91 Å². The molecule has 1 N–H and O–H groups in total. The van der Waals surface area contributed by atoms with E-state index in [4.69, 9.17) is 9.26 Å². The van der Waals surface area contributed by atoms with Crippen LogP contribution < -0.4 is 10.2 Å². The SMILES string of the molecule is Cc1ccc(/C=N\NC(=O)COc2ccc(F)cc2-c2ccno2)cc1. The van der Waals surface area contributed by atoms with Crippen molar-refractivity contribution in [2.45, 2.75) is 6.92 Å². The maximum Gasteiger partial charge on any atom is 0.277 e. The van der Waals surface area contributed by atoms with E-state index >= 15 is 0 Å². The van der Waals surface area contributed by atoms with Gasteiger partial charge in [0.15, 0.2) is 12.4 Å². The van der Waals surface area contributed by atoms with Crippen LogP contribution in [0.15, 0.2) is 64.4 Å². The molecule has 1 amide bonds. The van der Waals surface area contributed by atoms with E-state index in [-0.39, 0.29) is 6.61 Å². The highest BCUT2D eigenvalue weighted by atomic mass is 19.1. The predicted octanol–water partition coefficient (Wildman–Crippen LogP) is 3.32. The zero-order valence-corrected chi connectivity index (χ0v) is 14.0. The Balaban J connectivity index is 1.59. The smallest absolute Gasteiger partial charge is 0.277 e. The van der Waals surface area contributed by atoms with Crippen molar-refractivity contribution in [1.82, 2.24) is 10.6 Å². The van der Waals surface area contributed by atoms with Crippen LogP contribution in [0.5, 0.6) is 5.75 Å². The standard InChI is InChI=1S/C19H16FN3O3/c1-13-2-4-14(5-3-13)11-21-23-19(24)12-25-17-7-6-15(20)10-16(17)18-8-9-22-26-18/h2-11H,12H2,1H3,(H,23,24)/b21-11-. The molecule has 2 aromatic carbocycles. The first-order valence-electron chi connectivity index (χ1n) is 7.84. The Bertz CT molecular complexity index is 906. The lowest BCUT2D eigenvalue weighted by Gasteiger charge is -2.09. The summed E-state index contributed by atoms with van der Waals surface area (Å²) in [6, 6.07) is 13.2. The van der Waals surface area contributed by atoms with Gasteiger partial charge < -0.3 is 9.26 Å². The van der Waals surface area contributed by atoms with Crippen molar-refractivity contribution in [3.05, 3.63) is 71.7 Å². The molecule has 1 aromatic heterocycles. The minimum atomic E-state index is -0.448. The van der Waals surface area contributed by atoms with E-state index in [2.05, 4.69) is 15.7 Å². The van der Waals surface area contributed by atoms with Gasteiger partial charge in [-0.25, -0.2) is 9.82 Å². The normalized spacial score (nSPS) is 10.8. The Morgan fingerprint density at radius 2 is 2.08 bits per heavy atom. The Morgan fingerprint density at radius 3 is 2.81 bits per heavy atom. The van der Waals surface area contributed by atoms with Gasteiger partial charge in [0.1, 0.15) is 11.6 Å². The van der Waals surface area contributed by atoms with Gasteiger partial charge in [-0.1, -0.05) is 35.0 Å². The second-order valence-electron chi connectivity index (χ2n) is 5.51. The van der Waals surface area contributed by atoms with Crippen LogP contribution in [0, 0.1) is 12.7 Å². The molecule has 0 aliphatic carbocycles. The van der Waals surface area contributed by atoms with Crippen molar-refractivity contribution in [2.24, 2.45) is 5.10 Å². The number of hydrogen-bond acceptors (Lipinski definition) is 5. The quantitative estimate of drug-likeness (QED) is 0.545. The summed E-state index contributed by atoms with van der Waals surface area (Å²) in [5.74, 6) is -0.241. The third-order valence-electron chi connectivity index (χ3n) is 3.48. The molecule has 0 aliphatic rings. The van der Waals surface area contributed by atoms with Crippen LogP contribution in [0.25, 0.3) is 11.3 Å². The van der Waals surface area contributed by atoms with Crippen LogP contribution in [0.2, 0.25) is 0 Å². The van der Waals surface area contributed by atoms with Crippen LogP contribution >= 0.6 is 0 Å². The molecular weight excluding hydrogens is 337 g/mol. The number of carbonyl (C=O) groups is 1. The summed E-state index contributed by atoms with van der Waals surface area (Å²) < 4.78 is 24.0. The van der Waals surface area contributed by atoms with Crippen molar-refractivity contribution in [1.29, 1.82) is 0 Å². The first-order chi connectivity index (χ1) is 12.6. The molecular formula is C19H16FN3O3. The lowest BCUT2D eigenvalue weighted by atomic mass is 10.1. The van der Waals surface area contributed by atoms with Gasteiger partial charge in [-0.15, -0.1) is 0 Å². The van der Waals surface area contributed by atoms with Gasteiger partial charge in [-0.2, -0.15) is 5.10 Å². The largest absolute Gasteiger partial charge is 0.483 e. The van der Waals surface area contributed by atoms with Crippen LogP contribution in [-0.2, 0) is 4.79 Å². The van der Waals surface area contributed by atoms with E-state index in [1.54, 1.807) is 6.07 Å². The molecule has 1 heterocycles. The molecule has 0 spiro atoms. The lowest BCUT2D eigenvalue weighted by molar-refractivity contribution is -0.123. The lowest BCUT2D eigenvalue weighted by Crippen LogP contribution is -2.24. The highest BCUT2D eigenvalue weighted by Gasteiger charge is 2.12. The molecule has 0 aliphatic heterocycles. The topological polar surface area (TPSA) is 76.7 Å². The second kappa shape index (κ2) is 8.06. The van der Waals surface area contributed by atoms with Crippen LogP contribution in [0.4, 0.5) is 4.39 Å². The van der Waals surface area contributed by atoms with E-state index in [1.165, 1.54) is 30.6 Å².